The summed E-state index contributed by atoms with van der Waals surface area (Å²) >= 11 is 0. The van der Waals surface area contributed by atoms with Gasteiger partial charge >= 0.3 is 0 Å². The number of carbonyl (C=O) groups is 1. The average Bonchev–Trinajstić information content (AvgIpc) is 2.58. The molecule has 0 amide bonds. The highest BCUT2D eigenvalue weighted by atomic mass is 16.4. The second kappa shape index (κ2) is 7.25. The van der Waals surface area contributed by atoms with E-state index in [0.717, 1.165) is 25.9 Å². The normalized spacial score (nSPS) is 15.4. The van der Waals surface area contributed by atoms with Crippen molar-refractivity contribution < 1.29 is 9.90 Å². The van der Waals surface area contributed by atoms with Crippen molar-refractivity contribution in [3.8, 4) is 0 Å². The van der Waals surface area contributed by atoms with Gasteiger partial charge in [0.2, 0.25) is 0 Å². The van der Waals surface area contributed by atoms with Crippen LogP contribution in [0.4, 0.5) is 0 Å². The van der Waals surface area contributed by atoms with E-state index in [9.17, 15) is 9.90 Å². The summed E-state index contributed by atoms with van der Waals surface area (Å²) in [6.07, 6.45) is 1.79. The van der Waals surface area contributed by atoms with E-state index in [-0.39, 0.29) is 6.54 Å². The molecule has 0 N–H and O–H groups in total. The topological polar surface area (TPSA) is 43.4 Å². The van der Waals surface area contributed by atoms with E-state index < -0.39 is 5.97 Å². The van der Waals surface area contributed by atoms with Crippen LogP contribution in [0.25, 0.3) is 5.57 Å². The molecular formula is C20H20NO2-. The number of carbonyl (C=O) groups excluding carboxylic acids is 1. The van der Waals surface area contributed by atoms with Crippen LogP contribution >= 0.6 is 0 Å². The van der Waals surface area contributed by atoms with Gasteiger partial charge in [-0.2, -0.15) is 0 Å². The van der Waals surface area contributed by atoms with E-state index in [0.29, 0.717) is 0 Å². The molecule has 3 nitrogen and oxygen atoms in total. The van der Waals surface area contributed by atoms with Gasteiger partial charge in [0.15, 0.2) is 0 Å². The molecule has 0 spiro atoms. The number of likely N-dealkylation sites (tertiary alicyclic amines) is 1. The summed E-state index contributed by atoms with van der Waals surface area (Å²) in [6.45, 7) is 1.57. The second-order valence-corrected chi connectivity index (χ2v) is 5.86. The quantitative estimate of drug-likeness (QED) is 0.871. The average molecular weight is 306 g/mol. The lowest BCUT2D eigenvalue weighted by Gasteiger charge is -2.30. The zero-order valence-corrected chi connectivity index (χ0v) is 13.1. The minimum absolute atomic E-state index is 0.0271. The molecule has 118 valence electrons. The predicted octanol–water partition coefficient (Wildman–Crippen LogP) is 2.33. The molecule has 23 heavy (non-hydrogen) atoms. The van der Waals surface area contributed by atoms with E-state index in [1.54, 1.807) is 0 Å². The van der Waals surface area contributed by atoms with Crippen molar-refractivity contribution in [3.63, 3.8) is 0 Å². The summed E-state index contributed by atoms with van der Waals surface area (Å²) < 4.78 is 0. The van der Waals surface area contributed by atoms with Crippen LogP contribution in [0.2, 0.25) is 0 Å². The molecule has 1 saturated heterocycles. The summed E-state index contributed by atoms with van der Waals surface area (Å²) in [7, 11) is 0. The highest BCUT2D eigenvalue weighted by Crippen LogP contribution is 2.32. The summed E-state index contributed by atoms with van der Waals surface area (Å²) in [5.74, 6) is -0.997. The SMILES string of the molecule is O=C([O-])CN1CCC(=C(c2ccccc2)c2ccccc2)CC1. The van der Waals surface area contributed by atoms with Gasteiger partial charge < -0.3 is 9.90 Å². The van der Waals surface area contributed by atoms with Crippen molar-refractivity contribution in [1.82, 2.24) is 4.90 Å². The van der Waals surface area contributed by atoms with Gasteiger partial charge in [-0.3, -0.25) is 4.90 Å². The number of piperidine rings is 1. The number of benzene rings is 2. The number of nitrogens with zero attached hydrogens (tertiary/aromatic N) is 1. The Morgan fingerprint density at radius 3 is 1.78 bits per heavy atom. The molecule has 0 aromatic heterocycles. The van der Waals surface area contributed by atoms with E-state index in [4.69, 9.17) is 0 Å². The smallest absolute Gasteiger partial charge is 0.0555 e. The van der Waals surface area contributed by atoms with Crippen LogP contribution < -0.4 is 5.11 Å². The first-order valence-electron chi connectivity index (χ1n) is 7.99. The standard InChI is InChI=1S/C20H21NO2/c22-19(23)15-21-13-11-18(12-14-21)20(16-7-3-1-4-8-16)17-9-5-2-6-10-17/h1-10H,11-15H2,(H,22,23)/p-1. The third kappa shape index (κ3) is 3.88. The lowest BCUT2D eigenvalue weighted by Crippen LogP contribution is -2.41. The van der Waals surface area contributed by atoms with E-state index in [2.05, 4.69) is 48.5 Å². The molecule has 3 heteroatoms. The van der Waals surface area contributed by atoms with Gasteiger partial charge in [-0.1, -0.05) is 66.2 Å². The lowest BCUT2D eigenvalue weighted by atomic mass is 9.88. The summed E-state index contributed by atoms with van der Waals surface area (Å²) in [5, 5.41) is 10.8. The third-order valence-corrected chi connectivity index (χ3v) is 4.29. The maximum Gasteiger partial charge on any atom is 0.0555 e. The fraction of sp³-hybridized carbons (Fsp3) is 0.250. The fourth-order valence-electron chi connectivity index (χ4n) is 3.20. The summed E-state index contributed by atoms with van der Waals surface area (Å²) in [4.78, 5) is 12.7. The zero-order chi connectivity index (χ0) is 16.1. The van der Waals surface area contributed by atoms with Crippen LogP contribution in [0.1, 0.15) is 24.0 Å². The lowest BCUT2D eigenvalue weighted by molar-refractivity contribution is -0.306. The predicted molar refractivity (Wildman–Crippen MR) is 89.6 cm³/mol. The van der Waals surface area contributed by atoms with Gasteiger partial charge in [0, 0.05) is 19.6 Å². The maximum atomic E-state index is 10.8. The maximum absolute atomic E-state index is 10.8. The number of hydrogen-bond acceptors (Lipinski definition) is 3. The van der Waals surface area contributed by atoms with Gasteiger partial charge in [-0.15, -0.1) is 0 Å². The summed E-state index contributed by atoms with van der Waals surface area (Å²) in [5.41, 5.74) is 5.14. The van der Waals surface area contributed by atoms with Gasteiger partial charge in [0.05, 0.1) is 5.97 Å². The molecule has 1 fully saturated rings. The van der Waals surface area contributed by atoms with Crippen molar-refractivity contribution in [2.45, 2.75) is 12.8 Å². The molecular weight excluding hydrogens is 286 g/mol. The molecule has 0 radical (unpaired) electrons. The largest absolute Gasteiger partial charge is 0.549 e. The van der Waals surface area contributed by atoms with Crippen LogP contribution in [-0.2, 0) is 4.79 Å². The molecule has 2 aromatic rings. The van der Waals surface area contributed by atoms with Crippen LogP contribution in [0.15, 0.2) is 66.2 Å². The van der Waals surface area contributed by atoms with Crippen molar-refractivity contribution in [1.29, 1.82) is 0 Å². The molecule has 0 unspecified atom stereocenters. The molecule has 1 aliphatic heterocycles. The highest BCUT2D eigenvalue weighted by Gasteiger charge is 2.18. The Morgan fingerprint density at radius 1 is 0.870 bits per heavy atom. The Balaban J connectivity index is 1.92. The van der Waals surface area contributed by atoms with Crippen molar-refractivity contribution in [2.24, 2.45) is 0 Å². The van der Waals surface area contributed by atoms with Gasteiger partial charge in [-0.05, 0) is 29.5 Å². The summed E-state index contributed by atoms with van der Waals surface area (Å²) in [6, 6.07) is 20.9. The Hall–Kier alpha value is -2.39. The van der Waals surface area contributed by atoms with E-state index >= 15 is 0 Å². The fourth-order valence-corrected chi connectivity index (χ4v) is 3.20. The number of hydrogen-bond donors (Lipinski definition) is 0. The van der Waals surface area contributed by atoms with Crippen LogP contribution in [0.5, 0.6) is 0 Å². The minimum atomic E-state index is -0.997. The number of aliphatic carboxylic acids is 1. The number of rotatable bonds is 4. The number of carboxylic acids is 1. The molecule has 2 aromatic carbocycles. The van der Waals surface area contributed by atoms with Crippen molar-refractivity contribution in [2.75, 3.05) is 19.6 Å². The molecule has 3 rings (SSSR count). The van der Waals surface area contributed by atoms with E-state index in [1.165, 1.54) is 22.3 Å². The van der Waals surface area contributed by atoms with Gasteiger partial charge in [-0.25, -0.2) is 0 Å². The first-order valence-corrected chi connectivity index (χ1v) is 7.99. The van der Waals surface area contributed by atoms with Crippen LogP contribution in [0, 0.1) is 0 Å². The first kappa shape index (κ1) is 15.5. The zero-order valence-electron chi connectivity index (χ0n) is 13.1. The Morgan fingerprint density at radius 2 is 1.35 bits per heavy atom. The molecule has 1 heterocycles. The second-order valence-electron chi connectivity index (χ2n) is 5.86. The molecule has 0 saturated carbocycles. The Bertz CT molecular complexity index is 641. The monoisotopic (exact) mass is 306 g/mol. The van der Waals surface area contributed by atoms with Gasteiger partial charge in [0.25, 0.3) is 0 Å². The molecule has 0 aliphatic carbocycles. The van der Waals surface area contributed by atoms with Crippen LogP contribution in [0.3, 0.4) is 0 Å². The number of carboxylic acid groups (broad SMARTS) is 1. The van der Waals surface area contributed by atoms with Gasteiger partial charge in [0.1, 0.15) is 0 Å². The van der Waals surface area contributed by atoms with Crippen LogP contribution in [-0.4, -0.2) is 30.5 Å². The third-order valence-electron chi connectivity index (χ3n) is 4.29. The molecule has 0 atom stereocenters. The van der Waals surface area contributed by atoms with Crippen molar-refractivity contribution >= 4 is 11.5 Å². The molecule has 1 aliphatic rings. The molecule has 0 bridgehead atoms. The van der Waals surface area contributed by atoms with E-state index in [1.807, 2.05) is 17.0 Å². The highest BCUT2D eigenvalue weighted by molar-refractivity contribution is 5.82. The van der Waals surface area contributed by atoms with Crippen molar-refractivity contribution in [3.05, 3.63) is 77.4 Å². The Labute approximate surface area is 136 Å². The Kier molecular flexibility index (Phi) is 4.89. The minimum Gasteiger partial charge on any atom is -0.549 e. The first-order chi connectivity index (χ1) is 11.2.